The third-order valence-corrected chi connectivity index (χ3v) is 2.30. The highest BCUT2D eigenvalue weighted by Gasteiger charge is 2.06. The topological polar surface area (TPSA) is 59.6 Å². The van der Waals surface area contributed by atoms with E-state index in [9.17, 15) is 4.79 Å². The Morgan fingerprint density at radius 1 is 1.39 bits per heavy atom. The van der Waals surface area contributed by atoms with Gasteiger partial charge in [-0.2, -0.15) is 0 Å². The highest BCUT2D eigenvalue weighted by Crippen LogP contribution is 2.19. The van der Waals surface area contributed by atoms with Crippen molar-refractivity contribution in [1.82, 2.24) is 10.6 Å². The van der Waals surface area contributed by atoms with Crippen LogP contribution in [0, 0.1) is 0 Å². The quantitative estimate of drug-likeness (QED) is 0.753. The van der Waals surface area contributed by atoms with Crippen molar-refractivity contribution in [1.29, 1.82) is 0 Å². The van der Waals surface area contributed by atoms with E-state index in [0.717, 1.165) is 11.5 Å². The van der Waals surface area contributed by atoms with Gasteiger partial charge in [0.1, 0.15) is 17.6 Å². The van der Waals surface area contributed by atoms with Gasteiger partial charge in [0.05, 0.1) is 20.2 Å². The first-order chi connectivity index (χ1) is 8.65. The molecule has 5 nitrogen and oxygen atoms in total. The molecule has 1 aromatic rings. The molecule has 2 N–H and O–H groups in total. The smallest absolute Gasteiger partial charge is 0.234 e. The van der Waals surface area contributed by atoms with Gasteiger partial charge >= 0.3 is 0 Å². The standard InChI is InChI=1S/C13H20N2O3/c1-10(8-15-13(16)9-14-2)18-12-6-4-5-11(7-12)17-3/h4-7,10,14H,8-9H2,1-3H3,(H,15,16). The number of methoxy groups -OCH3 is 1. The maximum Gasteiger partial charge on any atom is 0.234 e. The van der Waals surface area contributed by atoms with E-state index < -0.39 is 0 Å². The van der Waals surface area contributed by atoms with E-state index in [-0.39, 0.29) is 12.0 Å². The van der Waals surface area contributed by atoms with Crippen LogP contribution in [0.3, 0.4) is 0 Å². The Morgan fingerprint density at radius 2 is 2.11 bits per heavy atom. The van der Waals surface area contributed by atoms with Crippen molar-refractivity contribution in [2.75, 3.05) is 27.2 Å². The second-order valence-corrected chi connectivity index (χ2v) is 3.94. The maximum absolute atomic E-state index is 11.3. The van der Waals surface area contributed by atoms with Crippen molar-refractivity contribution in [3.05, 3.63) is 24.3 Å². The molecule has 18 heavy (non-hydrogen) atoms. The number of likely N-dealkylation sites (N-methyl/N-ethyl adjacent to an activating group) is 1. The monoisotopic (exact) mass is 252 g/mol. The summed E-state index contributed by atoms with van der Waals surface area (Å²) in [5, 5.41) is 5.56. The van der Waals surface area contributed by atoms with Crippen LogP contribution in [0.2, 0.25) is 0 Å². The lowest BCUT2D eigenvalue weighted by Gasteiger charge is -2.15. The Labute approximate surface area is 107 Å². The summed E-state index contributed by atoms with van der Waals surface area (Å²) in [7, 11) is 3.34. The summed E-state index contributed by atoms with van der Waals surface area (Å²) >= 11 is 0. The van der Waals surface area contributed by atoms with Gasteiger partial charge in [0.2, 0.25) is 5.91 Å². The number of hydrogen-bond donors (Lipinski definition) is 2. The first-order valence-electron chi connectivity index (χ1n) is 5.87. The lowest BCUT2D eigenvalue weighted by Crippen LogP contribution is -2.38. The Balaban J connectivity index is 2.39. The summed E-state index contributed by atoms with van der Waals surface area (Å²) < 4.78 is 10.8. The fourth-order valence-electron chi connectivity index (χ4n) is 1.43. The molecule has 1 atom stereocenters. The van der Waals surface area contributed by atoms with Crippen LogP contribution in [0.5, 0.6) is 11.5 Å². The molecule has 0 aliphatic carbocycles. The second-order valence-electron chi connectivity index (χ2n) is 3.94. The minimum Gasteiger partial charge on any atom is -0.497 e. The van der Waals surface area contributed by atoms with Crippen molar-refractivity contribution in [3.8, 4) is 11.5 Å². The van der Waals surface area contributed by atoms with E-state index in [1.807, 2.05) is 31.2 Å². The summed E-state index contributed by atoms with van der Waals surface area (Å²) in [5.41, 5.74) is 0. The van der Waals surface area contributed by atoms with Crippen LogP contribution in [0.25, 0.3) is 0 Å². The van der Waals surface area contributed by atoms with Crippen LogP contribution in [-0.4, -0.2) is 39.3 Å². The van der Waals surface area contributed by atoms with E-state index in [1.54, 1.807) is 14.2 Å². The molecule has 0 heterocycles. The zero-order valence-corrected chi connectivity index (χ0v) is 11.0. The van der Waals surface area contributed by atoms with Gasteiger partial charge in [0.25, 0.3) is 0 Å². The van der Waals surface area contributed by atoms with Crippen LogP contribution < -0.4 is 20.1 Å². The summed E-state index contributed by atoms with van der Waals surface area (Å²) in [4.78, 5) is 11.3. The van der Waals surface area contributed by atoms with Gasteiger partial charge in [-0.1, -0.05) is 6.07 Å². The van der Waals surface area contributed by atoms with Crippen LogP contribution in [0.15, 0.2) is 24.3 Å². The SMILES string of the molecule is CNCC(=O)NCC(C)Oc1cccc(OC)c1. The van der Waals surface area contributed by atoms with Crippen molar-refractivity contribution in [3.63, 3.8) is 0 Å². The molecule has 5 heteroatoms. The third-order valence-electron chi connectivity index (χ3n) is 2.30. The fraction of sp³-hybridized carbons (Fsp3) is 0.462. The Morgan fingerprint density at radius 3 is 2.78 bits per heavy atom. The van der Waals surface area contributed by atoms with Crippen LogP contribution in [-0.2, 0) is 4.79 Å². The van der Waals surface area contributed by atoms with E-state index in [1.165, 1.54) is 0 Å². The van der Waals surface area contributed by atoms with Gasteiger partial charge in [0.15, 0.2) is 0 Å². The highest BCUT2D eigenvalue weighted by atomic mass is 16.5. The van der Waals surface area contributed by atoms with E-state index in [0.29, 0.717) is 13.1 Å². The van der Waals surface area contributed by atoms with Gasteiger partial charge in [-0.15, -0.1) is 0 Å². The van der Waals surface area contributed by atoms with Gasteiger partial charge in [-0.05, 0) is 26.1 Å². The molecule has 0 aromatic heterocycles. The Hall–Kier alpha value is -1.75. The van der Waals surface area contributed by atoms with Crippen LogP contribution >= 0.6 is 0 Å². The zero-order chi connectivity index (χ0) is 13.4. The predicted octanol–water partition coefficient (Wildman–Crippen LogP) is 0.798. The molecule has 100 valence electrons. The highest BCUT2D eigenvalue weighted by molar-refractivity contribution is 5.77. The number of rotatable bonds is 7. The molecule has 0 spiro atoms. The molecular weight excluding hydrogens is 232 g/mol. The largest absolute Gasteiger partial charge is 0.497 e. The Kier molecular flexibility index (Phi) is 6.00. The third kappa shape index (κ3) is 5.05. The van der Waals surface area contributed by atoms with Crippen LogP contribution in [0.4, 0.5) is 0 Å². The maximum atomic E-state index is 11.3. The van der Waals surface area contributed by atoms with Crippen molar-refractivity contribution >= 4 is 5.91 Å². The van der Waals surface area contributed by atoms with Crippen LogP contribution in [0.1, 0.15) is 6.92 Å². The molecule has 0 aliphatic heterocycles. The number of amides is 1. The average molecular weight is 252 g/mol. The molecule has 0 aliphatic rings. The number of nitrogens with one attached hydrogen (secondary N) is 2. The first-order valence-corrected chi connectivity index (χ1v) is 5.87. The molecular formula is C13H20N2O3. The average Bonchev–Trinajstić information content (AvgIpc) is 2.37. The van der Waals surface area contributed by atoms with Gasteiger partial charge < -0.3 is 20.1 Å². The number of carbonyl (C=O) groups is 1. The molecule has 0 bridgehead atoms. The van der Waals surface area contributed by atoms with Gasteiger partial charge in [-0.3, -0.25) is 4.79 Å². The summed E-state index contributed by atoms with van der Waals surface area (Å²) in [5.74, 6) is 1.43. The van der Waals surface area contributed by atoms with Crippen molar-refractivity contribution in [2.24, 2.45) is 0 Å². The van der Waals surface area contributed by atoms with Crippen molar-refractivity contribution < 1.29 is 14.3 Å². The second kappa shape index (κ2) is 7.55. The minimum absolute atomic E-state index is 0.0430. The normalized spacial score (nSPS) is 11.7. The molecule has 0 fully saturated rings. The first kappa shape index (κ1) is 14.3. The molecule has 0 saturated carbocycles. The fourth-order valence-corrected chi connectivity index (χ4v) is 1.43. The molecule has 1 amide bonds. The number of carbonyl (C=O) groups excluding carboxylic acids is 1. The Bertz CT molecular complexity index is 382. The molecule has 0 saturated heterocycles. The summed E-state index contributed by atoms with van der Waals surface area (Å²) in [6.07, 6.45) is -0.0992. The lowest BCUT2D eigenvalue weighted by molar-refractivity contribution is -0.120. The lowest BCUT2D eigenvalue weighted by atomic mass is 10.3. The van der Waals surface area contributed by atoms with Gasteiger partial charge in [-0.25, -0.2) is 0 Å². The summed E-state index contributed by atoms with van der Waals surface area (Å²) in [6, 6.07) is 7.38. The minimum atomic E-state index is -0.0992. The number of benzene rings is 1. The zero-order valence-electron chi connectivity index (χ0n) is 11.0. The van der Waals surface area contributed by atoms with E-state index in [4.69, 9.17) is 9.47 Å². The number of hydrogen-bond acceptors (Lipinski definition) is 4. The molecule has 1 unspecified atom stereocenters. The predicted molar refractivity (Wildman–Crippen MR) is 70.0 cm³/mol. The summed E-state index contributed by atoms with van der Waals surface area (Å²) in [6.45, 7) is 2.68. The van der Waals surface area contributed by atoms with E-state index in [2.05, 4.69) is 10.6 Å². The molecule has 0 radical (unpaired) electrons. The van der Waals surface area contributed by atoms with E-state index >= 15 is 0 Å². The molecule has 1 rings (SSSR count). The van der Waals surface area contributed by atoms with Crippen molar-refractivity contribution in [2.45, 2.75) is 13.0 Å². The molecule has 1 aromatic carbocycles. The number of ether oxygens (including phenoxy) is 2. The van der Waals surface area contributed by atoms with Gasteiger partial charge in [0, 0.05) is 6.07 Å².